The van der Waals surface area contributed by atoms with Gasteiger partial charge in [-0.1, -0.05) is 51.1 Å². The fourth-order valence-electron chi connectivity index (χ4n) is 2.69. The van der Waals surface area contributed by atoms with Gasteiger partial charge >= 0.3 is 0 Å². The van der Waals surface area contributed by atoms with E-state index in [-0.39, 0.29) is 23.9 Å². The van der Waals surface area contributed by atoms with Gasteiger partial charge in [-0.25, -0.2) is 0 Å². The highest BCUT2D eigenvalue weighted by Crippen LogP contribution is 2.12. The molecule has 134 valence electrons. The zero-order chi connectivity index (χ0) is 17.9. The molecular weight excluding hydrogens is 300 g/mol. The first kappa shape index (κ1) is 20.2. The monoisotopic (exact) mass is 332 g/mol. The summed E-state index contributed by atoms with van der Waals surface area (Å²) in [7, 11) is 0. The Morgan fingerprint density at radius 3 is 2.29 bits per heavy atom. The van der Waals surface area contributed by atoms with Crippen molar-refractivity contribution in [1.82, 2.24) is 10.2 Å². The minimum absolute atomic E-state index is 0.0376. The van der Waals surface area contributed by atoms with E-state index < -0.39 is 0 Å². The standard InChI is InChI=1S/C20H32N2O2/c1-5-11-19(23)22(15-14-17-12-9-8-10-13-17)18(7-3)20(24)21-16(4)6-2/h8-10,12-13,16,18H,5-7,11,14-15H2,1-4H3,(H,21,24)/t16-,18-/m1/s1. The van der Waals surface area contributed by atoms with E-state index in [0.29, 0.717) is 19.4 Å². The molecule has 0 spiro atoms. The van der Waals surface area contributed by atoms with Gasteiger partial charge in [-0.05, 0) is 38.2 Å². The summed E-state index contributed by atoms with van der Waals surface area (Å²) in [6.07, 6.45) is 3.57. The molecule has 24 heavy (non-hydrogen) atoms. The largest absolute Gasteiger partial charge is 0.352 e. The van der Waals surface area contributed by atoms with Gasteiger partial charge in [-0.2, -0.15) is 0 Å². The molecule has 4 nitrogen and oxygen atoms in total. The third kappa shape index (κ3) is 6.34. The number of hydrogen-bond acceptors (Lipinski definition) is 2. The molecule has 0 saturated heterocycles. The quantitative estimate of drug-likeness (QED) is 0.712. The van der Waals surface area contributed by atoms with Gasteiger partial charge in [-0.3, -0.25) is 9.59 Å². The van der Waals surface area contributed by atoms with Gasteiger partial charge in [0.05, 0.1) is 0 Å². The molecule has 1 aromatic rings. The Kier molecular flexibility index (Phi) is 9.13. The number of amides is 2. The molecule has 0 radical (unpaired) electrons. The minimum Gasteiger partial charge on any atom is -0.352 e. The molecule has 4 heteroatoms. The number of hydrogen-bond donors (Lipinski definition) is 1. The first-order valence-corrected chi connectivity index (χ1v) is 9.17. The summed E-state index contributed by atoms with van der Waals surface area (Å²) in [6.45, 7) is 8.58. The third-order valence-electron chi connectivity index (χ3n) is 4.34. The number of nitrogens with one attached hydrogen (secondary N) is 1. The Morgan fingerprint density at radius 2 is 1.75 bits per heavy atom. The van der Waals surface area contributed by atoms with Crippen LogP contribution in [0.5, 0.6) is 0 Å². The van der Waals surface area contributed by atoms with Crippen molar-refractivity contribution in [3.8, 4) is 0 Å². The zero-order valence-corrected chi connectivity index (χ0v) is 15.5. The van der Waals surface area contributed by atoms with Gasteiger partial charge in [0.2, 0.25) is 11.8 Å². The van der Waals surface area contributed by atoms with Crippen LogP contribution in [-0.2, 0) is 16.0 Å². The highest BCUT2D eigenvalue weighted by atomic mass is 16.2. The fourth-order valence-corrected chi connectivity index (χ4v) is 2.69. The second kappa shape index (κ2) is 10.8. The molecule has 0 unspecified atom stereocenters. The summed E-state index contributed by atoms with van der Waals surface area (Å²) in [4.78, 5) is 26.9. The summed E-state index contributed by atoms with van der Waals surface area (Å²) in [5.74, 6) is 0.0314. The van der Waals surface area contributed by atoms with E-state index in [1.165, 1.54) is 5.56 Å². The average molecular weight is 332 g/mol. The van der Waals surface area contributed by atoms with Crippen molar-refractivity contribution in [2.24, 2.45) is 0 Å². The van der Waals surface area contributed by atoms with Crippen molar-refractivity contribution in [3.63, 3.8) is 0 Å². The molecular formula is C20H32N2O2. The van der Waals surface area contributed by atoms with Crippen molar-refractivity contribution in [1.29, 1.82) is 0 Å². The van der Waals surface area contributed by atoms with Gasteiger partial charge in [0, 0.05) is 19.0 Å². The van der Waals surface area contributed by atoms with Crippen molar-refractivity contribution in [2.45, 2.75) is 71.9 Å². The topological polar surface area (TPSA) is 49.4 Å². The second-order valence-corrected chi connectivity index (χ2v) is 6.31. The number of benzene rings is 1. The molecule has 1 aromatic carbocycles. The highest BCUT2D eigenvalue weighted by molar-refractivity contribution is 5.87. The number of carbonyl (C=O) groups excluding carboxylic acids is 2. The lowest BCUT2D eigenvalue weighted by molar-refractivity contribution is -0.141. The Balaban J connectivity index is 2.84. The van der Waals surface area contributed by atoms with Crippen LogP contribution in [0.4, 0.5) is 0 Å². The highest BCUT2D eigenvalue weighted by Gasteiger charge is 2.28. The predicted octanol–water partition coefficient (Wildman–Crippen LogP) is 3.55. The van der Waals surface area contributed by atoms with Gasteiger partial charge in [0.25, 0.3) is 0 Å². The van der Waals surface area contributed by atoms with Crippen LogP contribution in [-0.4, -0.2) is 35.3 Å². The van der Waals surface area contributed by atoms with Crippen LogP contribution < -0.4 is 5.32 Å². The molecule has 0 fully saturated rings. The number of nitrogens with zero attached hydrogens (tertiary/aromatic N) is 1. The maximum absolute atomic E-state index is 12.6. The Labute approximate surface area is 146 Å². The second-order valence-electron chi connectivity index (χ2n) is 6.31. The maximum Gasteiger partial charge on any atom is 0.243 e. The lowest BCUT2D eigenvalue weighted by atomic mass is 10.1. The lowest BCUT2D eigenvalue weighted by Crippen LogP contribution is -2.51. The molecule has 0 bridgehead atoms. The Bertz CT molecular complexity index is 502. The normalized spacial score (nSPS) is 13.2. The molecule has 0 aromatic heterocycles. The molecule has 0 heterocycles. The summed E-state index contributed by atoms with van der Waals surface area (Å²) >= 11 is 0. The fraction of sp³-hybridized carbons (Fsp3) is 0.600. The molecule has 1 rings (SSSR count). The van der Waals surface area contributed by atoms with Gasteiger partial charge in [-0.15, -0.1) is 0 Å². The number of rotatable bonds is 10. The minimum atomic E-state index is -0.387. The van der Waals surface area contributed by atoms with E-state index in [4.69, 9.17) is 0 Å². The van der Waals surface area contributed by atoms with E-state index in [0.717, 1.165) is 19.3 Å². The van der Waals surface area contributed by atoms with Crippen LogP contribution in [0, 0.1) is 0 Å². The van der Waals surface area contributed by atoms with Crippen molar-refractivity contribution < 1.29 is 9.59 Å². The summed E-state index contributed by atoms with van der Waals surface area (Å²) < 4.78 is 0. The van der Waals surface area contributed by atoms with E-state index in [2.05, 4.69) is 17.4 Å². The van der Waals surface area contributed by atoms with E-state index >= 15 is 0 Å². The van der Waals surface area contributed by atoms with Gasteiger partial charge < -0.3 is 10.2 Å². The molecule has 0 aliphatic heterocycles. The van der Waals surface area contributed by atoms with E-state index in [1.807, 2.05) is 45.9 Å². The Morgan fingerprint density at radius 1 is 1.08 bits per heavy atom. The zero-order valence-electron chi connectivity index (χ0n) is 15.5. The molecule has 0 aliphatic rings. The molecule has 0 saturated carbocycles. The molecule has 1 N–H and O–H groups in total. The smallest absolute Gasteiger partial charge is 0.243 e. The molecule has 2 atom stereocenters. The SMILES string of the molecule is CCCC(=O)N(CCc1ccccc1)[C@H](CC)C(=O)N[C@H](C)CC. The van der Waals surface area contributed by atoms with Crippen molar-refractivity contribution >= 4 is 11.8 Å². The Hall–Kier alpha value is -1.84. The summed E-state index contributed by atoms with van der Waals surface area (Å²) in [5, 5.41) is 3.02. The van der Waals surface area contributed by atoms with Crippen LogP contribution in [0.2, 0.25) is 0 Å². The molecule has 0 aliphatic carbocycles. The third-order valence-corrected chi connectivity index (χ3v) is 4.34. The van der Waals surface area contributed by atoms with Crippen molar-refractivity contribution in [3.05, 3.63) is 35.9 Å². The predicted molar refractivity (Wildman–Crippen MR) is 98.7 cm³/mol. The summed E-state index contributed by atoms with van der Waals surface area (Å²) in [5.41, 5.74) is 1.18. The first-order chi connectivity index (χ1) is 11.5. The lowest BCUT2D eigenvalue weighted by Gasteiger charge is -2.31. The van der Waals surface area contributed by atoms with Crippen LogP contribution in [0.25, 0.3) is 0 Å². The van der Waals surface area contributed by atoms with Crippen LogP contribution in [0.1, 0.15) is 58.9 Å². The first-order valence-electron chi connectivity index (χ1n) is 9.17. The number of carbonyl (C=O) groups is 2. The van der Waals surface area contributed by atoms with E-state index in [9.17, 15) is 9.59 Å². The van der Waals surface area contributed by atoms with Crippen LogP contribution in [0.15, 0.2) is 30.3 Å². The van der Waals surface area contributed by atoms with Crippen LogP contribution >= 0.6 is 0 Å². The summed E-state index contributed by atoms with van der Waals surface area (Å²) in [6, 6.07) is 9.84. The maximum atomic E-state index is 12.6. The van der Waals surface area contributed by atoms with Gasteiger partial charge in [0.15, 0.2) is 0 Å². The van der Waals surface area contributed by atoms with E-state index in [1.54, 1.807) is 4.90 Å². The van der Waals surface area contributed by atoms with Gasteiger partial charge in [0.1, 0.15) is 6.04 Å². The average Bonchev–Trinajstić information content (AvgIpc) is 2.59. The van der Waals surface area contributed by atoms with Crippen LogP contribution in [0.3, 0.4) is 0 Å². The van der Waals surface area contributed by atoms with Crippen molar-refractivity contribution in [2.75, 3.05) is 6.54 Å². The molecule has 2 amide bonds.